The first-order valence-electron chi connectivity index (χ1n) is 6.82. The quantitative estimate of drug-likeness (QED) is 0.856. The monoisotopic (exact) mass is 321 g/mol. The minimum Gasteiger partial charge on any atom is -0.295 e. The smallest absolute Gasteiger partial charge is 0.295 e. The molecule has 1 atom stereocenters. The standard InChI is InChI=1S/C14H18F3NO2S/c1-2-18(13-7-8-21(19,20)10-13)9-11-3-5-12(6-4-11)14(15,16)17/h3-6,13H,2,7-10H2,1H3/t13-/m1/s1. The highest BCUT2D eigenvalue weighted by molar-refractivity contribution is 7.91. The summed E-state index contributed by atoms with van der Waals surface area (Å²) in [7, 11) is -2.96. The predicted octanol–water partition coefficient (Wildman–Crippen LogP) is 2.71. The highest BCUT2D eigenvalue weighted by atomic mass is 32.2. The topological polar surface area (TPSA) is 37.4 Å². The molecule has 0 radical (unpaired) electrons. The van der Waals surface area contributed by atoms with Crippen LogP contribution in [0.25, 0.3) is 0 Å². The normalized spacial score (nSPS) is 21.9. The van der Waals surface area contributed by atoms with E-state index < -0.39 is 21.6 Å². The van der Waals surface area contributed by atoms with Gasteiger partial charge in [0.05, 0.1) is 17.1 Å². The average Bonchev–Trinajstić information content (AvgIpc) is 2.75. The van der Waals surface area contributed by atoms with Crippen LogP contribution in [0, 0.1) is 0 Å². The first kappa shape index (κ1) is 16.3. The highest BCUT2D eigenvalue weighted by Crippen LogP contribution is 2.29. The fraction of sp³-hybridized carbons (Fsp3) is 0.571. The summed E-state index contributed by atoms with van der Waals surface area (Å²) in [6.07, 6.45) is -3.74. The van der Waals surface area contributed by atoms with Crippen molar-refractivity contribution in [2.75, 3.05) is 18.1 Å². The van der Waals surface area contributed by atoms with Gasteiger partial charge in [0.25, 0.3) is 0 Å². The lowest BCUT2D eigenvalue weighted by Crippen LogP contribution is -2.35. The molecule has 0 spiro atoms. The van der Waals surface area contributed by atoms with Crippen molar-refractivity contribution >= 4 is 9.84 Å². The van der Waals surface area contributed by atoms with Crippen LogP contribution >= 0.6 is 0 Å². The first-order valence-corrected chi connectivity index (χ1v) is 8.64. The fourth-order valence-corrected chi connectivity index (χ4v) is 4.36. The molecule has 0 unspecified atom stereocenters. The summed E-state index contributed by atoms with van der Waals surface area (Å²) in [5.41, 5.74) is 0.0897. The van der Waals surface area contributed by atoms with E-state index in [1.807, 2.05) is 11.8 Å². The third-order valence-electron chi connectivity index (χ3n) is 3.80. The number of nitrogens with zero attached hydrogens (tertiary/aromatic N) is 1. The van der Waals surface area contributed by atoms with Gasteiger partial charge in [-0.3, -0.25) is 4.90 Å². The first-order chi connectivity index (χ1) is 9.71. The molecule has 2 rings (SSSR count). The van der Waals surface area contributed by atoms with Crippen molar-refractivity contribution in [1.82, 2.24) is 4.90 Å². The number of hydrogen-bond donors (Lipinski definition) is 0. The molecular weight excluding hydrogens is 303 g/mol. The van der Waals surface area contributed by atoms with E-state index in [0.29, 0.717) is 19.5 Å². The Labute approximate surface area is 122 Å². The SMILES string of the molecule is CCN(Cc1ccc(C(F)(F)F)cc1)[C@@H]1CCS(=O)(=O)C1. The number of rotatable bonds is 4. The van der Waals surface area contributed by atoms with Gasteiger partial charge in [-0.25, -0.2) is 8.42 Å². The Hall–Kier alpha value is -1.08. The number of hydrogen-bond acceptors (Lipinski definition) is 3. The molecule has 0 bridgehead atoms. The van der Waals surface area contributed by atoms with Gasteiger partial charge in [0, 0.05) is 12.6 Å². The minimum absolute atomic E-state index is 0.0395. The largest absolute Gasteiger partial charge is 0.416 e. The van der Waals surface area contributed by atoms with E-state index in [-0.39, 0.29) is 17.5 Å². The lowest BCUT2D eigenvalue weighted by molar-refractivity contribution is -0.137. The molecule has 1 aliphatic rings. The van der Waals surface area contributed by atoms with Crippen LogP contribution in [0.5, 0.6) is 0 Å². The lowest BCUT2D eigenvalue weighted by Gasteiger charge is -2.26. The van der Waals surface area contributed by atoms with E-state index in [0.717, 1.165) is 17.7 Å². The summed E-state index contributed by atoms with van der Waals surface area (Å²) in [5.74, 6) is 0.336. The Morgan fingerprint density at radius 2 is 1.86 bits per heavy atom. The maximum atomic E-state index is 12.5. The minimum atomic E-state index is -4.33. The fourth-order valence-electron chi connectivity index (χ4n) is 2.60. The average molecular weight is 321 g/mol. The highest BCUT2D eigenvalue weighted by Gasteiger charge is 2.32. The van der Waals surface area contributed by atoms with Crippen LogP contribution in [-0.2, 0) is 22.6 Å². The molecule has 1 heterocycles. The summed E-state index contributed by atoms with van der Waals surface area (Å²) < 4.78 is 60.5. The number of benzene rings is 1. The molecule has 3 nitrogen and oxygen atoms in total. The molecule has 0 amide bonds. The molecule has 0 N–H and O–H groups in total. The summed E-state index contributed by atoms with van der Waals surface area (Å²) in [6, 6.07) is 5.00. The van der Waals surface area contributed by atoms with Crippen LogP contribution in [0.15, 0.2) is 24.3 Å². The summed E-state index contributed by atoms with van der Waals surface area (Å²) in [5, 5.41) is 0. The molecule has 118 valence electrons. The van der Waals surface area contributed by atoms with Gasteiger partial charge in [-0.1, -0.05) is 19.1 Å². The van der Waals surface area contributed by atoms with Gasteiger partial charge in [-0.2, -0.15) is 13.2 Å². The maximum Gasteiger partial charge on any atom is 0.416 e. The van der Waals surface area contributed by atoms with Gasteiger partial charge in [0.1, 0.15) is 0 Å². The Morgan fingerprint density at radius 3 is 2.29 bits per heavy atom. The van der Waals surface area contributed by atoms with Crippen molar-refractivity contribution in [2.24, 2.45) is 0 Å². The molecule has 1 aromatic carbocycles. The Balaban J connectivity index is 2.06. The number of sulfone groups is 1. The van der Waals surface area contributed by atoms with Crippen LogP contribution in [0.3, 0.4) is 0 Å². The van der Waals surface area contributed by atoms with E-state index in [1.54, 1.807) is 0 Å². The van der Waals surface area contributed by atoms with Gasteiger partial charge in [-0.15, -0.1) is 0 Å². The Kier molecular flexibility index (Phi) is 4.63. The number of alkyl halides is 3. The number of halogens is 3. The van der Waals surface area contributed by atoms with Gasteiger partial charge in [0.2, 0.25) is 0 Å². The van der Waals surface area contributed by atoms with Crippen molar-refractivity contribution in [1.29, 1.82) is 0 Å². The predicted molar refractivity (Wildman–Crippen MR) is 74.6 cm³/mol. The zero-order valence-electron chi connectivity index (χ0n) is 11.7. The van der Waals surface area contributed by atoms with Gasteiger partial charge in [-0.05, 0) is 30.7 Å². The van der Waals surface area contributed by atoms with E-state index in [9.17, 15) is 21.6 Å². The van der Waals surface area contributed by atoms with Crippen molar-refractivity contribution in [2.45, 2.75) is 32.1 Å². The van der Waals surface area contributed by atoms with Crippen LogP contribution in [0.2, 0.25) is 0 Å². The van der Waals surface area contributed by atoms with Crippen LogP contribution in [-0.4, -0.2) is 37.4 Å². The second-order valence-corrected chi connectivity index (χ2v) is 7.54. The molecule has 0 aliphatic carbocycles. The Bertz CT molecular complexity index is 581. The van der Waals surface area contributed by atoms with Crippen molar-refractivity contribution in [3.05, 3.63) is 35.4 Å². The van der Waals surface area contributed by atoms with Gasteiger partial charge < -0.3 is 0 Å². The molecular formula is C14H18F3NO2S. The molecule has 0 aromatic heterocycles. The summed E-state index contributed by atoms with van der Waals surface area (Å²) >= 11 is 0. The van der Waals surface area contributed by atoms with Crippen molar-refractivity contribution in [3.63, 3.8) is 0 Å². The summed E-state index contributed by atoms with van der Waals surface area (Å²) in [6.45, 7) is 3.06. The molecule has 0 saturated carbocycles. The van der Waals surface area contributed by atoms with E-state index in [4.69, 9.17) is 0 Å². The van der Waals surface area contributed by atoms with E-state index in [2.05, 4.69) is 0 Å². The second-order valence-electron chi connectivity index (χ2n) is 5.31. The van der Waals surface area contributed by atoms with Crippen LogP contribution in [0.4, 0.5) is 13.2 Å². The van der Waals surface area contributed by atoms with E-state index in [1.165, 1.54) is 12.1 Å². The lowest BCUT2D eigenvalue weighted by atomic mass is 10.1. The molecule has 1 aromatic rings. The van der Waals surface area contributed by atoms with Crippen molar-refractivity contribution in [3.8, 4) is 0 Å². The third kappa shape index (κ3) is 4.20. The molecule has 1 saturated heterocycles. The molecule has 1 aliphatic heterocycles. The third-order valence-corrected chi connectivity index (χ3v) is 5.55. The zero-order valence-corrected chi connectivity index (χ0v) is 12.5. The van der Waals surface area contributed by atoms with Gasteiger partial charge >= 0.3 is 6.18 Å². The van der Waals surface area contributed by atoms with Crippen LogP contribution in [0.1, 0.15) is 24.5 Å². The Morgan fingerprint density at radius 1 is 1.24 bits per heavy atom. The van der Waals surface area contributed by atoms with Gasteiger partial charge in [0.15, 0.2) is 9.84 Å². The second kappa shape index (κ2) is 5.96. The molecule has 21 heavy (non-hydrogen) atoms. The molecule has 7 heteroatoms. The summed E-state index contributed by atoms with van der Waals surface area (Å²) in [4.78, 5) is 2.01. The maximum absolute atomic E-state index is 12.5. The van der Waals surface area contributed by atoms with Crippen molar-refractivity contribution < 1.29 is 21.6 Å². The molecule has 1 fully saturated rings. The van der Waals surface area contributed by atoms with Crippen LogP contribution < -0.4 is 0 Å². The van der Waals surface area contributed by atoms with E-state index >= 15 is 0 Å². The zero-order chi connectivity index (χ0) is 15.7.